The highest BCUT2D eigenvalue weighted by atomic mass is 32.2. The van der Waals surface area contributed by atoms with E-state index >= 15 is 0 Å². The standard InChI is InChI=1S/C15H14N6O3S/c1-8(2)25(22,23)10-5-3-9(4-6-10)11-7-18-13(16)12(19-11)14-20-21-15(17)24-14/h3-8,16-17H,1-2H3. The predicted octanol–water partition coefficient (Wildman–Crippen LogP) is 2.20. The molecule has 2 heterocycles. The van der Waals surface area contributed by atoms with E-state index < -0.39 is 15.1 Å². The van der Waals surface area contributed by atoms with Gasteiger partial charge in [0.2, 0.25) is 0 Å². The van der Waals surface area contributed by atoms with Crippen molar-refractivity contribution in [1.29, 1.82) is 0 Å². The Balaban J connectivity index is 2.00. The van der Waals surface area contributed by atoms with Crippen LogP contribution in [-0.4, -0.2) is 33.8 Å². The van der Waals surface area contributed by atoms with Gasteiger partial charge >= 0.3 is 6.01 Å². The molecule has 2 N–H and O–H groups in total. The maximum atomic E-state index is 12.2. The van der Waals surface area contributed by atoms with Crippen LogP contribution in [0, 0.1) is 0 Å². The quantitative estimate of drug-likeness (QED) is 0.694. The number of benzene rings is 1. The van der Waals surface area contributed by atoms with E-state index in [4.69, 9.17) is 15.9 Å². The Morgan fingerprint density at radius 2 is 1.76 bits per heavy atom. The fraction of sp³-hybridized carbons (Fsp3) is 0.200. The van der Waals surface area contributed by atoms with Crippen molar-refractivity contribution in [1.82, 2.24) is 31.6 Å². The number of hydrogen-bond acceptors (Lipinski definition) is 7. The average molecular weight is 358 g/mol. The smallest absolute Gasteiger partial charge is 0.335 e. The minimum atomic E-state index is -3.35. The van der Waals surface area contributed by atoms with E-state index in [1.807, 2.05) is 0 Å². The second-order valence-corrected chi connectivity index (χ2v) is 7.99. The van der Waals surface area contributed by atoms with E-state index in [-0.39, 0.29) is 28.3 Å². The first-order chi connectivity index (χ1) is 11.8. The largest absolute Gasteiger partial charge is 0.400 e. The Morgan fingerprint density at radius 1 is 1.08 bits per heavy atom. The SMILES string of the molecule is CC(C)S(=O)(=O)c1ccc(-c2cnc([NH])c(-c3nnc([NH])o3)n2)cc1. The predicted molar refractivity (Wildman–Crippen MR) is 88.6 cm³/mol. The van der Waals surface area contributed by atoms with Gasteiger partial charge in [-0.2, -0.15) is 0 Å². The molecule has 128 valence electrons. The Hall–Kier alpha value is -3.01. The maximum Gasteiger partial charge on any atom is 0.335 e. The molecular weight excluding hydrogens is 344 g/mol. The van der Waals surface area contributed by atoms with Crippen LogP contribution < -0.4 is 11.5 Å². The van der Waals surface area contributed by atoms with Crippen LogP contribution in [0.1, 0.15) is 13.8 Å². The molecular formula is C15H14N6O3S. The molecule has 10 heteroatoms. The second kappa shape index (κ2) is 6.13. The third-order valence-electron chi connectivity index (χ3n) is 3.50. The summed E-state index contributed by atoms with van der Waals surface area (Å²) >= 11 is 0. The molecule has 0 amide bonds. The maximum absolute atomic E-state index is 12.2. The zero-order chi connectivity index (χ0) is 18.2. The van der Waals surface area contributed by atoms with Gasteiger partial charge in [-0.3, -0.25) is 5.73 Å². The molecule has 2 radical (unpaired) electrons. The first kappa shape index (κ1) is 16.8. The van der Waals surface area contributed by atoms with Gasteiger partial charge in [0.25, 0.3) is 5.89 Å². The molecule has 0 saturated heterocycles. The van der Waals surface area contributed by atoms with E-state index in [0.29, 0.717) is 11.3 Å². The average Bonchev–Trinajstić information content (AvgIpc) is 3.01. The minimum absolute atomic E-state index is 0.0578. The summed E-state index contributed by atoms with van der Waals surface area (Å²) in [5.74, 6) is -0.227. The summed E-state index contributed by atoms with van der Waals surface area (Å²) in [6.07, 6.45) is 1.40. The Morgan fingerprint density at radius 3 is 2.32 bits per heavy atom. The molecule has 9 nitrogen and oxygen atoms in total. The Kier molecular flexibility index (Phi) is 4.13. The van der Waals surface area contributed by atoms with Crippen LogP contribution in [0.2, 0.25) is 0 Å². The van der Waals surface area contributed by atoms with Gasteiger partial charge in [-0.25, -0.2) is 24.1 Å². The van der Waals surface area contributed by atoms with Gasteiger partial charge in [0, 0.05) is 5.56 Å². The lowest BCUT2D eigenvalue weighted by Gasteiger charge is -2.09. The lowest BCUT2D eigenvalue weighted by molar-refractivity contribution is 0.573. The molecule has 2 aromatic heterocycles. The number of nitrogens with one attached hydrogen (secondary N) is 2. The van der Waals surface area contributed by atoms with Crippen molar-refractivity contribution in [3.8, 4) is 22.8 Å². The fourth-order valence-electron chi connectivity index (χ4n) is 2.08. The lowest BCUT2D eigenvalue weighted by atomic mass is 10.1. The van der Waals surface area contributed by atoms with Gasteiger partial charge in [-0.15, -0.1) is 5.10 Å². The zero-order valence-electron chi connectivity index (χ0n) is 13.4. The highest BCUT2D eigenvalue weighted by Gasteiger charge is 2.19. The third kappa shape index (κ3) is 3.15. The molecule has 0 atom stereocenters. The summed E-state index contributed by atoms with van der Waals surface area (Å²) in [5, 5.41) is 6.56. The first-order valence-corrected chi connectivity index (χ1v) is 8.82. The molecule has 25 heavy (non-hydrogen) atoms. The molecule has 1 aromatic carbocycles. The van der Waals surface area contributed by atoms with Crippen molar-refractivity contribution in [2.45, 2.75) is 24.0 Å². The first-order valence-electron chi connectivity index (χ1n) is 7.27. The summed E-state index contributed by atoms with van der Waals surface area (Å²) in [7, 11) is -3.35. The summed E-state index contributed by atoms with van der Waals surface area (Å²) < 4.78 is 29.3. The highest BCUT2D eigenvalue weighted by molar-refractivity contribution is 7.92. The van der Waals surface area contributed by atoms with Crippen LogP contribution in [0.3, 0.4) is 0 Å². The Bertz CT molecular complexity index is 1010. The third-order valence-corrected chi connectivity index (χ3v) is 5.67. The second-order valence-electron chi connectivity index (χ2n) is 5.48. The number of rotatable bonds is 4. The molecule has 0 bridgehead atoms. The number of hydrogen-bond donors (Lipinski definition) is 0. The zero-order valence-corrected chi connectivity index (χ0v) is 14.2. The van der Waals surface area contributed by atoms with E-state index in [9.17, 15) is 8.42 Å². The monoisotopic (exact) mass is 358 g/mol. The van der Waals surface area contributed by atoms with Gasteiger partial charge in [-0.1, -0.05) is 17.2 Å². The number of nitrogens with zero attached hydrogens (tertiary/aromatic N) is 4. The van der Waals surface area contributed by atoms with Crippen LogP contribution in [0.5, 0.6) is 0 Å². The summed E-state index contributed by atoms with van der Waals surface area (Å²) in [6.45, 7) is 3.25. The van der Waals surface area contributed by atoms with Crippen LogP contribution in [0.25, 0.3) is 22.8 Å². The van der Waals surface area contributed by atoms with Crippen LogP contribution in [0.15, 0.2) is 39.8 Å². The van der Waals surface area contributed by atoms with Crippen LogP contribution in [0.4, 0.5) is 11.8 Å². The summed E-state index contributed by atoms with van der Waals surface area (Å²) in [5.41, 5.74) is 16.2. The van der Waals surface area contributed by atoms with Crippen molar-refractivity contribution in [3.63, 3.8) is 0 Å². The number of aromatic nitrogens is 4. The molecule has 0 saturated carbocycles. The molecule has 0 aliphatic heterocycles. The highest BCUT2D eigenvalue weighted by Crippen LogP contribution is 2.27. The van der Waals surface area contributed by atoms with Crippen LogP contribution in [-0.2, 0) is 9.84 Å². The normalized spacial score (nSPS) is 11.8. The van der Waals surface area contributed by atoms with Gasteiger partial charge < -0.3 is 4.42 Å². The molecule has 0 unspecified atom stereocenters. The summed E-state index contributed by atoms with van der Waals surface area (Å²) in [6, 6.07) is 5.88. The lowest BCUT2D eigenvalue weighted by Crippen LogP contribution is -2.13. The van der Waals surface area contributed by atoms with Crippen molar-refractivity contribution >= 4 is 21.7 Å². The van der Waals surface area contributed by atoms with Crippen LogP contribution >= 0.6 is 0 Å². The molecule has 0 spiro atoms. The molecule has 3 rings (SSSR count). The molecule has 3 aromatic rings. The van der Waals surface area contributed by atoms with Gasteiger partial charge in [-0.05, 0) is 26.0 Å². The molecule has 0 fully saturated rings. The van der Waals surface area contributed by atoms with E-state index in [0.717, 1.165) is 0 Å². The van der Waals surface area contributed by atoms with E-state index in [2.05, 4.69) is 20.2 Å². The van der Waals surface area contributed by atoms with Crippen molar-refractivity contribution in [3.05, 3.63) is 30.5 Å². The van der Waals surface area contributed by atoms with Crippen molar-refractivity contribution in [2.24, 2.45) is 0 Å². The Labute approximate surface area is 144 Å². The van der Waals surface area contributed by atoms with Gasteiger partial charge in [0.15, 0.2) is 21.3 Å². The van der Waals surface area contributed by atoms with Crippen molar-refractivity contribution < 1.29 is 12.8 Å². The van der Waals surface area contributed by atoms with E-state index in [1.165, 1.54) is 18.3 Å². The van der Waals surface area contributed by atoms with Gasteiger partial charge in [0.1, 0.15) is 0 Å². The van der Waals surface area contributed by atoms with Crippen molar-refractivity contribution in [2.75, 3.05) is 0 Å². The topological polar surface area (TPSA) is 146 Å². The van der Waals surface area contributed by atoms with E-state index in [1.54, 1.807) is 26.0 Å². The number of sulfone groups is 1. The summed E-state index contributed by atoms with van der Waals surface area (Å²) in [4.78, 5) is 8.44. The van der Waals surface area contributed by atoms with Gasteiger partial charge in [0.05, 0.1) is 22.0 Å². The molecule has 0 aliphatic carbocycles. The minimum Gasteiger partial charge on any atom is -0.400 e. The fourth-order valence-corrected chi connectivity index (χ4v) is 3.14. The molecule has 0 aliphatic rings.